The Morgan fingerprint density at radius 3 is 2.50 bits per heavy atom. The largest absolute Gasteiger partial charge is 0.343 e. The van der Waals surface area contributed by atoms with Crippen LogP contribution in [0.25, 0.3) is 0 Å². The molecular weight excluding hydrogens is 309 g/mol. The lowest BCUT2D eigenvalue weighted by Crippen LogP contribution is -2.43. The molecule has 1 aromatic carbocycles. The summed E-state index contributed by atoms with van der Waals surface area (Å²) < 4.78 is 12.9. The predicted octanol–water partition coefficient (Wildman–Crippen LogP) is 2.14. The van der Waals surface area contributed by atoms with Crippen LogP contribution in [0.1, 0.15) is 32.1 Å². The number of halogens is 1. The molecule has 2 heterocycles. The van der Waals surface area contributed by atoms with Crippen molar-refractivity contribution in [1.82, 2.24) is 10.2 Å². The van der Waals surface area contributed by atoms with Crippen LogP contribution in [0.15, 0.2) is 24.3 Å². The molecule has 3 rings (SSSR count). The first kappa shape index (κ1) is 16.9. The number of carbonyl (C=O) groups excluding carboxylic acids is 2. The molecule has 5 nitrogen and oxygen atoms in total. The van der Waals surface area contributed by atoms with E-state index in [1.54, 1.807) is 12.1 Å². The minimum atomic E-state index is -0.323. The molecule has 0 radical (unpaired) electrons. The highest BCUT2D eigenvalue weighted by molar-refractivity contribution is 5.92. The van der Waals surface area contributed by atoms with Crippen LogP contribution < -0.4 is 10.6 Å². The molecule has 24 heavy (non-hydrogen) atoms. The summed E-state index contributed by atoms with van der Waals surface area (Å²) in [6.07, 6.45) is 4.13. The lowest BCUT2D eigenvalue weighted by atomic mass is 9.95. The van der Waals surface area contributed by atoms with Crippen LogP contribution in [0.2, 0.25) is 0 Å². The van der Waals surface area contributed by atoms with Crippen LogP contribution in [0.4, 0.5) is 10.1 Å². The Balaban J connectivity index is 1.44. The van der Waals surface area contributed by atoms with Gasteiger partial charge in [-0.15, -0.1) is 0 Å². The Morgan fingerprint density at radius 1 is 1.17 bits per heavy atom. The van der Waals surface area contributed by atoms with Gasteiger partial charge in [0.05, 0.1) is 0 Å². The third kappa shape index (κ3) is 4.32. The van der Waals surface area contributed by atoms with Crippen LogP contribution >= 0.6 is 0 Å². The van der Waals surface area contributed by atoms with Gasteiger partial charge in [0.15, 0.2) is 0 Å². The molecule has 2 N–H and O–H groups in total. The highest BCUT2D eigenvalue weighted by Crippen LogP contribution is 2.21. The van der Waals surface area contributed by atoms with Gasteiger partial charge in [0.2, 0.25) is 11.8 Å². The lowest BCUT2D eigenvalue weighted by molar-refractivity contribution is -0.134. The summed E-state index contributed by atoms with van der Waals surface area (Å²) in [4.78, 5) is 26.5. The van der Waals surface area contributed by atoms with Crippen molar-refractivity contribution in [2.24, 2.45) is 5.92 Å². The van der Waals surface area contributed by atoms with Gasteiger partial charge >= 0.3 is 0 Å². The number of hydrogen-bond acceptors (Lipinski definition) is 3. The minimum Gasteiger partial charge on any atom is -0.343 e. The number of nitrogens with one attached hydrogen (secondary N) is 2. The third-order valence-corrected chi connectivity index (χ3v) is 4.91. The van der Waals surface area contributed by atoms with Crippen molar-refractivity contribution in [3.63, 3.8) is 0 Å². The van der Waals surface area contributed by atoms with Crippen molar-refractivity contribution in [3.8, 4) is 0 Å². The number of benzene rings is 1. The molecule has 0 aliphatic carbocycles. The smallest absolute Gasteiger partial charge is 0.227 e. The molecular formula is C18H24FN3O2. The van der Waals surface area contributed by atoms with E-state index in [1.807, 2.05) is 4.90 Å². The first-order valence-corrected chi connectivity index (χ1v) is 8.69. The average molecular weight is 333 g/mol. The van der Waals surface area contributed by atoms with Gasteiger partial charge in [0.25, 0.3) is 0 Å². The van der Waals surface area contributed by atoms with E-state index in [9.17, 15) is 14.0 Å². The number of nitrogens with zero attached hydrogens (tertiary/aromatic N) is 1. The number of carbonyl (C=O) groups is 2. The van der Waals surface area contributed by atoms with E-state index in [4.69, 9.17) is 0 Å². The maximum atomic E-state index is 12.9. The normalized spacial score (nSPS) is 21.7. The van der Waals surface area contributed by atoms with E-state index < -0.39 is 0 Å². The fourth-order valence-electron chi connectivity index (χ4n) is 3.44. The predicted molar refractivity (Wildman–Crippen MR) is 90.0 cm³/mol. The number of piperidine rings is 1. The zero-order chi connectivity index (χ0) is 16.9. The number of likely N-dealkylation sites (tertiary alicyclic amines) is 1. The minimum absolute atomic E-state index is 0.0498. The Labute approximate surface area is 141 Å². The fraction of sp³-hybridized carbons (Fsp3) is 0.556. The van der Waals surface area contributed by atoms with Gasteiger partial charge in [-0.05, 0) is 56.5 Å². The monoisotopic (exact) mass is 333 g/mol. The van der Waals surface area contributed by atoms with Crippen LogP contribution in [0.5, 0.6) is 0 Å². The second kappa shape index (κ2) is 7.75. The van der Waals surface area contributed by atoms with E-state index in [2.05, 4.69) is 10.6 Å². The van der Waals surface area contributed by atoms with E-state index in [1.165, 1.54) is 12.1 Å². The van der Waals surface area contributed by atoms with E-state index in [0.29, 0.717) is 44.1 Å². The molecule has 0 aromatic heterocycles. The summed E-state index contributed by atoms with van der Waals surface area (Å²) in [5.41, 5.74) is 0.604. The molecule has 2 fully saturated rings. The number of hydrogen-bond donors (Lipinski definition) is 2. The molecule has 2 saturated heterocycles. The lowest BCUT2D eigenvalue weighted by Gasteiger charge is -2.32. The Morgan fingerprint density at radius 2 is 1.88 bits per heavy atom. The molecule has 2 amide bonds. The molecule has 2 aliphatic rings. The second-order valence-corrected chi connectivity index (χ2v) is 6.65. The SMILES string of the molecule is O=C(Nc1ccc(F)cc1)C1CCN(C(=O)CC2CCCN2)CC1. The van der Waals surface area contributed by atoms with E-state index in [0.717, 1.165) is 19.4 Å². The van der Waals surface area contributed by atoms with Gasteiger partial charge in [-0.1, -0.05) is 0 Å². The van der Waals surface area contributed by atoms with Gasteiger partial charge < -0.3 is 15.5 Å². The van der Waals surface area contributed by atoms with Crippen molar-refractivity contribution in [2.45, 2.75) is 38.1 Å². The molecule has 1 unspecified atom stereocenters. The zero-order valence-electron chi connectivity index (χ0n) is 13.8. The van der Waals surface area contributed by atoms with Crippen molar-refractivity contribution < 1.29 is 14.0 Å². The quantitative estimate of drug-likeness (QED) is 0.887. The molecule has 0 bridgehead atoms. The van der Waals surface area contributed by atoms with Gasteiger partial charge in [0, 0.05) is 37.2 Å². The van der Waals surface area contributed by atoms with Gasteiger partial charge in [-0.25, -0.2) is 4.39 Å². The number of anilines is 1. The molecule has 6 heteroatoms. The Hall–Kier alpha value is -1.95. The third-order valence-electron chi connectivity index (χ3n) is 4.91. The van der Waals surface area contributed by atoms with Gasteiger partial charge in [0.1, 0.15) is 5.82 Å². The first-order chi connectivity index (χ1) is 11.6. The summed E-state index contributed by atoms with van der Waals surface area (Å²) in [6.45, 7) is 2.27. The van der Waals surface area contributed by atoms with Gasteiger partial charge in [-0.3, -0.25) is 9.59 Å². The van der Waals surface area contributed by atoms with Gasteiger partial charge in [-0.2, -0.15) is 0 Å². The van der Waals surface area contributed by atoms with Crippen molar-refractivity contribution >= 4 is 17.5 Å². The molecule has 130 valence electrons. The molecule has 1 atom stereocenters. The summed E-state index contributed by atoms with van der Waals surface area (Å²) >= 11 is 0. The Bertz CT molecular complexity index is 576. The standard InChI is InChI=1S/C18H24FN3O2/c19-14-3-5-15(6-4-14)21-18(24)13-7-10-22(11-8-13)17(23)12-16-2-1-9-20-16/h3-6,13,16,20H,1-2,7-12H2,(H,21,24). The summed E-state index contributed by atoms with van der Waals surface area (Å²) in [5.74, 6) is -0.279. The summed E-state index contributed by atoms with van der Waals surface area (Å²) in [6, 6.07) is 6.08. The molecule has 0 spiro atoms. The summed E-state index contributed by atoms with van der Waals surface area (Å²) in [7, 11) is 0. The van der Waals surface area contributed by atoms with E-state index in [-0.39, 0.29) is 23.5 Å². The first-order valence-electron chi connectivity index (χ1n) is 8.69. The Kier molecular flexibility index (Phi) is 5.45. The van der Waals surface area contributed by atoms with Crippen molar-refractivity contribution in [1.29, 1.82) is 0 Å². The highest BCUT2D eigenvalue weighted by atomic mass is 19.1. The topological polar surface area (TPSA) is 61.4 Å². The van der Waals surface area contributed by atoms with Crippen LogP contribution in [0.3, 0.4) is 0 Å². The molecule has 1 aromatic rings. The fourth-order valence-corrected chi connectivity index (χ4v) is 3.44. The molecule has 2 aliphatic heterocycles. The maximum Gasteiger partial charge on any atom is 0.227 e. The maximum absolute atomic E-state index is 12.9. The highest BCUT2D eigenvalue weighted by Gasteiger charge is 2.28. The summed E-state index contributed by atoms with van der Waals surface area (Å²) in [5, 5.41) is 6.17. The second-order valence-electron chi connectivity index (χ2n) is 6.65. The average Bonchev–Trinajstić information content (AvgIpc) is 3.10. The van der Waals surface area contributed by atoms with E-state index >= 15 is 0 Å². The molecule has 0 saturated carbocycles. The number of amides is 2. The van der Waals surface area contributed by atoms with Crippen LogP contribution in [-0.4, -0.2) is 42.4 Å². The van der Waals surface area contributed by atoms with Crippen LogP contribution in [0, 0.1) is 11.7 Å². The zero-order valence-corrected chi connectivity index (χ0v) is 13.8. The van der Waals surface area contributed by atoms with Crippen molar-refractivity contribution in [3.05, 3.63) is 30.1 Å². The van der Waals surface area contributed by atoms with Crippen molar-refractivity contribution in [2.75, 3.05) is 25.0 Å². The van der Waals surface area contributed by atoms with Crippen LogP contribution in [-0.2, 0) is 9.59 Å². The number of rotatable bonds is 4.